The molecule has 3 aliphatic heterocycles. The van der Waals surface area contributed by atoms with Crippen LogP contribution in [0.15, 0.2) is 72.9 Å². The summed E-state index contributed by atoms with van der Waals surface area (Å²) in [4.78, 5) is 31.9. The van der Waals surface area contributed by atoms with E-state index in [4.69, 9.17) is 14.2 Å². The van der Waals surface area contributed by atoms with Gasteiger partial charge in [-0.15, -0.1) is 0 Å². The quantitative estimate of drug-likeness (QED) is 0.289. The number of amides is 2. The van der Waals surface area contributed by atoms with Gasteiger partial charge in [-0.3, -0.25) is 14.7 Å². The van der Waals surface area contributed by atoms with E-state index in [9.17, 15) is 14.8 Å². The maximum Gasteiger partial charge on any atom is 0.411 e. The summed E-state index contributed by atoms with van der Waals surface area (Å²) < 4.78 is 18.5. The van der Waals surface area contributed by atoms with Crippen LogP contribution >= 0.6 is 0 Å². The average molecular weight is 601 g/mol. The average Bonchev–Trinajstić information content (AvgIpc) is 3.28. The molecule has 44 heavy (non-hydrogen) atoms. The Morgan fingerprint density at radius 2 is 1.64 bits per heavy atom. The lowest BCUT2D eigenvalue weighted by atomic mass is 10.0. The first-order valence-electron chi connectivity index (χ1n) is 15.3. The third-order valence-corrected chi connectivity index (χ3v) is 8.45. The number of benzene rings is 2. The third-order valence-electron chi connectivity index (χ3n) is 8.45. The number of aromatic nitrogens is 1. The number of hydrogen-bond donors (Lipinski definition) is 0. The van der Waals surface area contributed by atoms with Gasteiger partial charge in [0.15, 0.2) is 0 Å². The zero-order chi connectivity index (χ0) is 30.8. The summed E-state index contributed by atoms with van der Waals surface area (Å²) >= 11 is 0. The van der Waals surface area contributed by atoms with Crippen LogP contribution in [0.2, 0.25) is 0 Å². The predicted octanol–water partition coefficient (Wildman–Crippen LogP) is 5.05. The fraction of sp³-hybridized carbons (Fsp3) is 0.441. The van der Waals surface area contributed by atoms with Crippen molar-refractivity contribution in [2.24, 2.45) is 0 Å². The van der Waals surface area contributed by atoms with Crippen molar-refractivity contribution in [1.82, 2.24) is 9.80 Å². The van der Waals surface area contributed by atoms with Crippen molar-refractivity contribution in [2.45, 2.75) is 76.9 Å². The molecule has 2 aromatic carbocycles. The second-order valence-corrected chi connectivity index (χ2v) is 12.8. The highest BCUT2D eigenvalue weighted by Crippen LogP contribution is 2.35. The van der Waals surface area contributed by atoms with Gasteiger partial charge in [0.2, 0.25) is 0 Å². The molecular formula is C34H40N4O6. The molecule has 0 radical (unpaired) electrons. The van der Waals surface area contributed by atoms with Crippen molar-refractivity contribution in [3.63, 3.8) is 0 Å². The smallest absolute Gasteiger partial charge is 0.411 e. The number of carbonyl (C=O) groups excluding carboxylic acids is 2. The van der Waals surface area contributed by atoms with Crippen LogP contribution in [0.3, 0.4) is 0 Å². The molecule has 2 amide bonds. The molecule has 2 bridgehead atoms. The first kappa shape index (κ1) is 29.6. The summed E-state index contributed by atoms with van der Waals surface area (Å²) in [6, 6.07) is 20.8. The van der Waals surface area contributed by atoms with Crippen molar-refractivity contribution in [3.8, 4) is 5.75 Å². The molecule has 2 unspecified atom stereocenters. The Bertz CT molecular complexity index is 1460. The highest BCUT2D eigenvalue weighted by molar-refractivity contribution is 5.70. The van der Waals surface area contributed by atoms with Crippen LogP contribution in [0, 0.1) is 5.21 Å². The minimum atomic E-state index is -0.561. The molecule has 0 N–H and O–H groups in total. The number of fused-ring (bicyclic) bond motifs is 3. The van der Waals surface area contributed by atoms with Gasteiger partial charge in [-0.05, 0) is 44.7 Å². The second-order valence-electron chi connectivity index (χ2n) is 12.8. The lowest BCUT2D eigenvalue weighted by molar-refractivity contribution is -0.593. The highest BCUT2D eigenvalue weighted by Gasteiger charge is 2.48. The van der Waals surface area contributed by atoms with E-state index in [1.54, 1.807) is 17.2 Å². The molecule has 10 heteroatoms. The van der Waals surface area contributed by atoms with Crippen LogP contribution in [-0.2, 0) is 29.0 Å². The summed E-state index contributed by atoms with van der Waals surface area (Å²) in [5, 5.41) is 13.4. The van der Waals surface area contributed by atoms with E-state index < -0.39 is 11.7 Å². The minimum absolute atomic E-state index is 0.0154. The Hall–Kier alpha value is -4.47. The maximum absolute atomic E-state index is 13.4. The Kier molecular flexibility index (Phi) is 8.25. The topological polar surface area (TPSA) is 98.5 Å². The zero-order valence-electron chi connectivity index (χ0n) is 25.6. The van der Waals surface area contributed by atoms with E-state index in [1.165, 1.54) is 0 Å². The number of rotatable bonds is 6. The van der Waals surface area contributed by atoms with Gasteiger partial charge in [-0.1, -0.05) is 60.7 Å². The van der Waals surface area contributed by atoms with E-state index in [0.717, 1.165) is 34.3 Å². The van der Waals surface area contributed by atoms with Crippen LogP contribution in [0.1, 0.15) is 50.3 Å². The summed E-state index contributed by atoms with van der Waals surface area (Å²) in [6.45, 7) is 7.52. The van der Waals surface area contributed by atoms with Crippen molar-refractivity contribution < 1.29 is 28.5 Å². The van der Waals surface area contributed by atoms with Gasteiger partial charge in [-0.2, -0.15) is 0 Å². The molecule has 6 rings (SSSR count). The minimum Gasteiger partial charge on any atom is -0.711 e. The largest absolute Gasteiger partial charge is 0.711 e. The van der Waals surface area contributed by atoms with Gasteiger partial charge in [0.05, 0.1) is 24.2 Å². The van der Waals surface area contributed by atoms with Crippen molar-refractivity contribution in [2.75, 3.05) is 24.6 Å². The van der Waals surface area contributed by atoms with Crippen molar-refractivity contribution >= 4 is 18.0 Å². The Balaban J connectivity index is 1.17. The van der Waals surface area contributed by atoms with Gasteiger partial charge >= 0.3 is 12.2 Å². The van der Waals surface area contributed by atoms with Crippen LogP contribution in [-0.4, -0.2) is 65.4 Å². The highest BCUT2D eigenvalue weighted by atomic mass is 16.6. The number of hydrogen-bond acceptors (Lipinski definition) is 7. The van der Waals surface area contributed by atoms with E-state index in [1.807, 2.05) is 86.3 Å². The molecule has 2 saturated heterocycles. The van der Waals surface area contributed by atoms with Gasteiger partial charge in [0, 0.05) is 18.5 Å². The number of pyridine rings is 1. The molecule has 3 atom stereocenters. The normalized spacial score (nSPS) is 20.8. The van der Waals surface area contributed by atoms with Crippen LogP contribution in [0.5, 0.6) is 5.75 Å². The van der Waals surface area contributed by atoms with Crippen molar-refractivity contribution in [1.29, 1.82) is 0 Å². The summed E-state index contributed by atoms with van der Waals surface area (Å²) in [5.74, 6) is 1.15. The van der Waals surface area contributed by atoms with Gasteiger partial charge < -0.3 is 19.4 Å². The molecule has 3 aliphatic rings. The molecular weight excluding hydrogens is 560 g/mol. The number of nitrogens with zero attached hydrogens (tertiary/aromatic N) is 4. The Labute approximate surface area is 258 Å². The number of carbonyl (C=O) groups is 2. The summed E-state index contributed by atoms with van der Waals surface area (Å²) in [7, 11) is 0. The molecule has 232 valence electrons. The number of piperazine rings is 1. The molecule has 10 nitrogen and oxygen atoms in total. The third kappa shape index (κ3) is 6.54. The molecule has 0 aliphatic carbocycles. The summed E-state index contributed by atoms with van der Waals surface area (Å²) in [6.07, 6.45) is 3.05. The van der Waals surface area contributed by atoms with E-state index in [2.05, 4.69) is 4.90 Å². The first-order chi connectivity index (χ1) is 21.1. The summed E-state index contributed by atoms with van der Waals surface area (Å²) in [5.41, 5.74) is 2.06. The van der Waals surface area contributed by atoms with Gasteiger partial charge in [0.25, 0.3) is 5.82 Å². The number of anilines is 1. The van der Waals surface area contributed by atoms with Crippen LogP contribution < -0.4 is 14.4 Å². The van der Waals surface area contributed by atoms with E-state index >= 15 is 0 Å². The molecule has 3 aromatic rings. The van der Waals surface area contributed by atoms with Crippen molar-refractivity contribution in [3.05, 3.63) is 94.8 Å². The van der Waals surface area contributed by atoms with Gasteiger partial charge in [0.1, 0.15) is 43.9 Å². The lowest BCUT2D eigenvalue weighted by Crippen LogP contribution is -2.58. The molecule has 0 saturated carbocycles. The fourth-order valence-corrected chi connectivity index (χ4v) is 6.39. The maximum atomic E-state index is 13.4. The van der Waals surface area contributed by atoms with E-state index in [-0.39, 0.29) is 37.4 Å². The van der Waals surface area contributed by atoms with Crippen LogP contribution in [0.4, 0.5) is 15.4 Å². The molecule has 4 heterocycles. The van der Waals surface area contributed by atoms with Gasteiger partial charge in [-0.25, -0.2) is 14.3 Å². The fourth-order valence-electron chi connectivity index (χ4n) is 6.39. The second kappa shape index (κ2) is 12.3. The van der Waals surface area contributed by atoms with E-state index in [0.29, 0.717) is 37.6 Å². The predicted molar refractivity (Wildman–Crippen MR) is 164 cm³/mol. The van der Waals surface area contributed by atoms with Crippen LogP contribution in [0.25, 0.3) is 0 Å². The first-order valence-corrected chi connectivity index (χ1v) is 15.3. The number of ether oxygens (including phenoxy) is 3. The monoisotopic (exact) mass is 600 g/mol. The molecule has 0 spiro atoms. The Morgan fingerprint density at radius 1 is 1.00 bits per heavy atom. The zero-order valence-corrected chi connectivity index (χ0v) is 25.6. The standard InChI is InChI=1S/C34H40N4O6/c1-34(2,3)44-33(40)38-27-14-15-28(38)21-35(20-27)31-17-30-26(19-37(31)41)16-29(23-42-30)36(18-24-10-6-4-7-11-24)32(39)43-22-25-12-8-5-9-13-25/h4-13,17,19,27-29H,14-16,18,20-23H2,1-3H3/t27?,28?,29-/m1/s1. The SMILES string of the molecule is CC(C)(C)OC(=O)N1C2CCC1CN(c1cc3c(c[n+]1[O-])C[C@@H](N(Cc1ccccc1)C(=O)OCc1ccccc1)CO3)C2. The Morgan fingerprint density at radius 3 is 2.27 bits per heavy atom. The molecule has 2 fully saturated rings. The molecule has 1 aromatic heterocycles. The lowest BCUT2D eigenvalue weighted by Gasteiger charge is -2.39.